The fourth-order valence-corrected chi connectivity index (χ4v) is 3.51. The molecule has 4 aromatic rings. The third kappa shape index (κ3) is 3.24. The molecule has 2 aromatic heterocycles. The number of nitrogens with one attached hydrogen (secondary N) is 2. The van der Waals surface area contributed by atoms with Crippen molar-refractivity contribution in [1.82, 2.24) is 20.0 Å². The lowest BCUT2D eigenvalue weighted by Crippen LogP contribution is -2.19. The molecule has 2 heterocycles. The molecule has 0 aliphatic heterocycles. The normalized spacial score (nSPS) is 11.0. The summed E-state index contributed by atoms with van der Waals surface area (Å²) in [5, 5.41) is 14.0. The zero-order valence-electron chi connectivity index (χ0n) is 13.8. The summed E-state index contributed by atoms with van der Waals surface area (Å²) in [6.45, 7) is 1.50. The second-order valence-corrected chi connectivity index (χ2v) is 6.70. The molecule has 0 saturated carbocycles. The summed E-state index contributed by atoms with van der Waals surface area (Å²) in [5.74, 6) is -0.371. The Morgan fingerprint density at radius 1 is 1.12 bits per heavy atom. The summed E-state index contributed by atoms with van der Waals surface area (Å²) in [4.78, 5) is 27.9. The monoisotopic (exact) mass is 366 g/mol. The lowest BCUT2D eigenvalue weighted by atomic mass is 10.3. The number of nitrogens with zero attached hydrogens (tertiary/aromatic N) is 4. The van der Waals surface area contributed by atoms with E-state index >= 15 is 0 Å². The molecular weight excluding hydrogens is 352 g/mol. The lowest BCUT2D eigenvalue weighted by molar-refractivity contribution is -0.117. The van der Waals surface area contributed by atoms with Gasteiger partial charge < -0.3 is 10.6 Å². The minimum absolute atomic E-state index is 0.0492. The highest BCUT2D eigenvalue weighted by molar-refractivity contribution is 7.22. The van der Waals surface area contributed by atoms with E-state index in [1.807, 2.05) is 30.3 Å². The zero-order valence-corrected chi connectivity index (χ0v) is 14.6. The van der Waals surface area contributed by atoms with Gasteiger partial charge in [-0.15, -0.1) is 5.10 Å². The van der Waals surface area contributed by atoms with Crippen molar-refractivity contribution < 1.29 is 9.59 Å². The van der Waals surface area contributed by atoms with Crippen molar-refractivity contribution >= 4 is 55.2 Å². The highest BCUT2D eigenvalue weighted by Gasteiger charge is 2.12. The summed E-state index contributed by atoms with van der Waals surface area (Å²) < 4.78 is 2.42. The van der Waals surface area contributed by atoms with Gasteiger partial charge in [-0.2, -0.15) is 0 Å². The Bertz CT molecular complexity index is 1130. The quantitative estimate of drug-likeness (QED) is 0.578. The summed E-state index contributed by atoms with van der Waals surface area (Å²) in [5.41, 5.74) is 2.99. The fraction of sp³-hybridized carbons (Fsp3) is 0.118. The molecule has 8 nitrogen and oxygen atoms in total. The maximum absolute atomic E-state index is 12.3. The van der Waals surface area contributed by atoms with Gasteiger partial charge in [0.2, 0.25) is 11.8 Å². The summed E-state index contributed by atoms with van der Waals surface area (Å²) >= 11 is 1.34. The molecule has 9 heteroatoms. The topological polar surface area (TPSA) is 102 Å². The molecule has 0 bridgehead atoms. The third-order valence-corrected chi connectivity index (χ3v) is 4.60. The van der Waals surface area contributed by atoms with E-state index in [0.717, 1.165) is 21.3 Å². The first-order chi connectivity index (χ1) is 12.6. The number of amides is 2. The van der Waals surface area contributed by atoms with Gasteiger partial charge in [0, 0.05) is 12.6 Å². The van der Waals surface area contributed by atoms with Crippen LogP contribution in [0, 0.1) is 0 Å². The lowest BCUT2D eigenvalue weighted by Gasteiger charge is -2.02. The van der Waals surface area contributed by atoms with Crippen LogP contribution in [0.15, 0.2) is 42.5 Å². The van der Waals surface area contributed by atoms with Crippen molar-refractivity contribution in [2.24, 2.45) is 0 Å². The molecule has 0 atom stereocenters. The van der Waals surface area contributed by atoms with Crippen molar-refractivity contribution in [2.75, 3.05) is 10.6 Å². The largest absolute Gasteiger partial charge is 0.326 e. The number of carbonyl (C=O) groups is 2. The smallest absolute Gasteiger partial charge is 0.247 e. The SMILES string of the molecule is CC(=O)Nc1ccc2nc(NC(=O)Cn3nnc4ccccc43)sc2c1. The number of thiazole rings is 1. The number of fused-ring (bicyclic) bond motifs is 2. The third-order valence-electron chi connectivity index (χ3n) is 3.67. The number of para-hydroxylation sites is 1. The Kier molecular flexibility index (Phi) is 4.05. The van der Waals surface area contributed by atoms with Crippen molar-refractivity contribution in [3.63, 3.8) is 0 Å². The van der Waals surface area contributed by atoms with E-state index in [-0.39, 0.29) is 18.4 Å². The van der Waals surface area contributed by atoms with Crippen molar-refractivity contribution in [3.05, 3.63) is 42.5 Å². The first-order valence-electron chi connectivity index (χ1n) is 7.85. The summed E-state index contributed by atoms with van der Waals surface area (Å²) in [6.07, 6.45) is 0. The minimum Gasteiger partial charge on any atom is -0.326 e. The first-order valence-corrected chi connectivity index (χ1v) is 8.66. The zero-order chi connectivity index (χ0) is 18.1. The van der Waals surface area contributed by atoms with E-state index in [0.29, 0.717) is 10.8 Å². The van der Waals surface area contributed by atoms with Gasteiger partial charge in [0.1, 0.15) is 12.1 Å². The number of anilines is 2. The number of hydrogen-bond donors (Lipinski definition) is 2. The molecule has 0 radical (unpaired) electrons. The summed E-state index contributed by atoms with van der Waals surface area (Å²) in [7, 11) is 0. The predicted octanol–water partition coefficient (Wildman–Crippen LogP) is 2.64. The molecule has 4 rings (SSSR count). The average molecular weight is 366 g/mol. The minimum atomic E-state index is -0.234. The van der Waals surface area contributed by atoms with Crippen molar-refractivity contribution in [3.8, 4) is 0 Å². The van der Waals surface area contributed by atoms with Gasteiger partial charge in [-0.05, 0) is 30.3 Å². The van der Waals surface area contributed by atoms with Crippen LogP contribution in [-0.2, 0) is 16.1 Å². The van der Waals surface area contributed by atoms with Gasteiger partial charge in [-0.25, -0.2) is 9.67 Å². The van der Waals surface area contributed by atoms with Crippen LogP contribution in [0.5, 0.6) is 0 Å². The first kappa shape index (κ1) is 16.2. The second-order valence-electron chi connectivity index (χ2n) is 5.67. The van der Waals surface area contributed by atoms with Gasteiger partial charge in [0.25, 0.3) is 0 Å². The maximum Gasteiger partial charge on any atom is 0.247 e. The number of rotatable bonds is 4. The van der Waals surface area contributed by atoms with Crippen LogP contribution < -0.4 is 10.6 Å². The van der Waals surface area contributed by atoms with Crippen LogP contribution in [0.4, 0.5) is 10.8 Å². The Balaban J connectivity index is 1.51. The molecule has 2 N–H and O–H groups in total. The Morgan fingerprint density at radius 3 is 2.81 bits per heavy atom. The Hall–Kier alpha value is -3.33. The maximum atomic E-state index is 12.3. The number of aromatic nitrogens is 4. The van der Waals surface area contributed by atoms with Crippen LogP contribution in [0.2, 0.25) is 0 Å². The molecule has 0 unspecified atom stereocenters. The second kappa shape index (κ2) is 6.52. The number of carbonyl (C=O) groups excluding carboxylic acids is 2. The van der Waals surface area contributed by atoms with Gasteiger partial charge in [0.05, 0.1) is 15.7 Å². The van der Waals surface area contributed by atoms with Crippen LogP contribution in [0.3, 0.4) is 0 Å². The summed E-state index contributed by atoms with van der Waals surface area (Å²) in [6, 6.07) is 12.9. The van der Waals surface area contributed by atoms with E-state index in [2.05, 4.69) is 25.9 Å². The van der Waals surface area contributed by atoms with Crippen LogP contribution in [-0.4, -0.2) is 31.8 Å². The van der Waals surface area contributed by atoms with Gasteiger partial charge in [0.15, 0.2) is 5.13 Å². The van der Waals surface area contributed by atoms with Gasteiger partial charge in [-0.1, -0.05) is 28.7 Å². The molecule has 0 fully saturated rings. The van der Waals surface area contributed by atoms with Crippen molar-refractivity contribution in [1.29, 1.82) is 0 Å². The van der Waals surface area contributed by atoms with Gasteiger partial charge in [-0.3, -0.25) is 9.59 Å². The molecule has 2 amide bonds. The highest BCUT2D eigenvalue weighted by Crippen LogP contribution is 2.28. The number of benzene rings is 2. The molecule has 26 heavy (non-hydrogen) atoms. The molecular formula is C17H14N6O2S. The van der Waals surface area contributed by atoms with Gasteiger partial charge >= 0.3 is 0 Å². The van der Waals surface area contributed by atoms with E-state index in [4.69, 9.17) is 0 Å². The van der Waals surface area contributed by atoms with Crippen LogP contribution in [0.25, 0.3) is 21.3 Å². The predicted molar refractivity (Wildman–Crippen MR) is 100 cm³/mol. The van der Waals surface area contributed by atoms with Crippen molar-refractivity contribution in [2.45, 2.75) is 13.5 Å². The average Bonchev–Trinajstić information content (AvgIpc) is 3.18. The Morgan fingerprint density at radius 2 is 1.96 bits per heavy atom. The molecule has 0 spiro atoms. The molecule has 130 valence electrons. The van der Waals surface area contributed by atoms with E-state index < -0.39 is 0 Å². The van der Waals surface area contributed by atoms with E-state index in [9.17, 15) is 9.59 Å². The standard InChI is InChI=1S/C17H14N6O2S/c1-10(24)18-11-6-7-13-15(8-11)26-17(19-13)20-16(25)9-23-14-5-3-2-4-12(14)21-22-23/h2-8H,9H2,1H3,(H,18,24)(H,19,20,25). The highest BCUT2D eigenvalue weighted by atomic mass is 32.1. The Labute approximate surface area is 151 Å². The molecule has 0 aliphatic rings. The molecule has 0 aliphatic carbocycles. The number of hydrogen-bond acceptors (Lipinski definition) is 6. The van der Waals surface area contributed by atoms with E-state index in [1.165, 1.54) is 18.3 Å². The van der Waals surface area contributed by atoms with Crippen LogP contribution >= 0.6 is 11.3 Å². The van der Waals surface area contributed by atoms with E-state index in [1.54, 1.807) is 16.8 Å². The molecule has 2 aromatic carbocycles. The fourth-order valence-electron chi connectivity index (χ4n) is 2.59. The van der Waals surface area contributed by atoms with Crippen LogP contribution in [0.1, 0.15) is 6.92 Å². The molecule has 0 saturated heterocycles.